The van der Waals surface area contributed by atoms with Gasteiger partial charge in [-0.3, -0.25) is 4.90 Å². The van der Waals surface area contributed by atoms with Crippen LogP contribution in [0.3, 0.4) is 0 Å². The van der Waals surface area contributed by atoms with Crippen molar-refractivity contribution in [3.8, 4) is 11.8 Å². The van der Waals surface area contributed by atoms with Crippen LogP contribution in [-0.2, 0) is 15.7 Å². The van der Waals surface area contributed by atoms with E-state index in [9.17, 15) is 0 Å². The minimum absolute atomic E-state index is 0.0686. The highest BCUT2D eigenvalue weighted by atomic mass is 31.2. The molecule has 11 heteroatoms. The van der Waals surface area contributed by atoms with Crippen LogP contribution in [-0.4, -0.2) is 47.9 Å². The zero-order valence-electron chi connectivity index (χ0n) is 18.5. The molecular formula is C21H31NO8P2. The van der Waals surface area contributed by atoms with Gasteiger partial charge in [-0.25, -0.2) is 9.13 Å². The van der Waals surface area contributed by atoms with E-state index in [-0.39, 0.29) is 5.41 Å². The molecule has 0 radical (unpaired) electrons. The minimum atomic E-state index is -4.64. The fourth-order valence-electron chi connectivity index (χ4n) is 2.34. The lowest BCUT2D eigenvalue weighted by molar-refractivity contribution is 0.272. The number of allylic oxidation sites excluding steroid dienone is 1. The lowest BCUT2D eigenvalue weighted by Crippen LogP contribution is -2.17. The number of fused-ring (bicyclic) bond motifs is 1. The van der Waals surface area contributed by atoms with Gasteiger partial charge >= 0.3 is 15.6 Å². The van der Waals surface area contributed by atoms with E-state index in [0.717, 1.165) is 13.1 Å². The highest BCUT2D eigenvalue weighted by molar-refractivity contribution is 7.45. The maximum atomic E-state index is 8.88. The van der Waals surface area contributed by atoms with Gasteiger partial charge in [-0.2, -0.15) is 0 Å². The molecule has 0 spiro atoms. The molecule has 0 aromatic heterocycles. The van der Waals surface area contributed by atoms with Gasteiger partial charge in [-0.15, -0.1) is 0 Å². The summed E-state index contributed by atoms with van der Waals surface area (Å²) in [4.78, 5) is 45.4. The molecule has 32 heavy (non-hydrogen) atoms. The lowest BCUT2D eigenvalue weighted by Gasteiger charge is -2.15. The van der Waals surface area contributed by atoms with Crippen LogP contribution in [0.1, 0.15) is 26.3 Å². The molecule has 0 aliphatic heterocycles. The molecule has 0 saturated carbocycles. The van der Waals surface area contributed by atoms with Gasteiger partial charge in [0.05, 0.1) is 0 Å². The molecule has 6 N–H and O–H groups in total. The van der Waals surface area contributed by atoms with Crippen molar-refractivity contribution in [1.82, 2.24) is 4.90 Å². The molecule has 2 aromatic carbocycles. The largest absolute Gasteiger partial charge is 0.466 e. The third-order valence-corrected chi connectivity index (χ3v) is 3.39. The second-order valence-electron chi connectivity index (χ2n) is 7.78. The van der Waals surface area contributed by atoms with Gasteiger partial charge in [-0.05, 0) is 50.2 Å². The van der Waals surface area contributed by atoms with Crippen molar-refractivity contribution in [1.29, 1.82) is 0 Å². The zero-order valence-corrected chi connectivity index (χ0v) is 20.2. The second kappa shape index (κ2) is 13.7. The first kappa shape index (κ1) is 30.2. The first-order chi connectivity index (χ1) is 14.5. The first-order valence-electron chi connectivity index (χ1n) is 9.35. The Labute approximate surface area is 188 Å². The van der Waals surface area contributed by atoms with Crippen molar-refractivity contribution < 1.29 is 38.5 Å². The fraction of sp³-hybridized carbons (Fsp3) is 0.333. The minimum Gasteiger partial charge on any atom is -0.303 e. The van der Waals surface area contributed by atoms with Crippen molar-refractivity contribution >= 4 is 26.4 Å². The average molecular weight is 487 g/mol. The monoisotopic (exact) mass is 487 g/mol. The Hall–Kier alpha value is -1.82. The summed E-state index contributed by atoms with van der Waals surface area (Å²) in [5, 5.41) is 2.65. The van der Waals surface area contributed by atoms with E-state index in [1.807, 2.05) is 6.08 Å². The number of hydrogen-bond donors (Lipinski definition) is 6. The number of hydrogen-bond acceptors (Lipinski definition) is 3. The molecule has 0 heterocycles. The predicted molar refractivity (Wildman–Crippen MR) is 125 cm³/mol. The van der Waals surface area contributed by atoms with Crippen LogP contribution in [0, 0.1) is 17.3 Å². The number of rotatable bonds is 4. The molecule has 2 rings (SSSR count). The van der Waals surface area contributed by atoms with Crippen LogP contribution in [0.15, 0.2) is 54.6 Å². The number of benzene rings is 2. The van der Waals surface area contributed by atoms with Crippen LogP contribution in [0.2, 0.25) is 0 Å². The van der Waals surface area contributed by atoms with Gasteiger partial charge in [0.25, 0.3) is 0 Å². The number of likely N-dealkylation sites (N-methyl/N-ethyl adjacent to an activating group) is 1. The molecule has 0 aliphatic carbocycles. The number of phosphoric acid groups is 2. The summed E-state index contributed by atoms with van der Waals surface area (Å²) in [5.41, 5.74) is 1.44. The quantitative estimate of drug-likeness (QED) is 0.282. The molecule has 0 saturated heterocycles. The van der Waals surface area contributed by atoms with Crippen molar-refractivity contribution in [2.45, 2.75) is 27.3 Å². The van der Waals surface area contributed by atoms with E-state index in [1.54, 1.807) is 0 Å². The average Bonchev–Trinajstić information content (AvgIpc) is 2.58. The van der Waals surface area contributed by atoms with Gasteiger partial charge in [0.15, 0.2) is 0 Å². The normalized spacial score (nSPS) is 11.8. The summed E-state index contributed by atoms with van der Waals surface area (Å²) < 4.78 is 17.8. The van der Waals surface area contributed by atoms with Gasteiger partial charge in [0.2, 0.25) is 0 Å². The highest BCUT2D eigenvalue weighted by Gasteiger charge is 2.04. The highest BCUT2D eigenvalue weighted by Crippen LogP contribution is 2.26. The van der Waals surface area contributed by atoms with Crippen LogP contribution in [0.25, 0.3) is 10.8 Å². The molecule has 9 nitrogen and oxygen atoms in total. The van der Waals surface area contributed by atoms with Gasteiger partial charge in [0.1, 0.15) is 0 Å². The molecule has 0 atom stereocenters. The van der Waals surface area contributed by atoms with Crippen LogP contribution in [0.5, 0.6) is 0 Å². The van der Waals surface area contributed by atoms with E-state index >= 15 is 0 Å². The molecule has 0 bridgehead atoms. The van der Waals surface area contributed by atoms with Gasteiger partial charge in [-0.1, -0.05) is 60.4 Å². The molecule has 0 unspecified atom stereocenters. The van der Waals surface area contributed by atoms with Crippen molar-refractivity contribution in [2.24, 2.45) is 5.41 Å². The lowest BCUT2D eigenvalue weighted by atomic mass is 9.98. The fourth-order valence-corrected chi connectivity index (χ4v) is 2.34. The van der Waals surface area contributed by atoms with Gasteiger partial charge in [0, 0.05) is 18.5 Å². The Morgan fingerprint density at radius 1 is 0.906 bits per heavy atom. The smallest absolute Gasteiger partial charge is 0.303 e. The summed E-state index contributed by atoms with van der Waals surface area (Å²) in [6.45, 7) is 8.22. The first-order valence-corrected chi connectivity index (χ1v) is 12.5. The maximum absolute atomic E-state index is 8.88. The third kappa shape index (κ3) is 20.1. The predicted octanol–water partition coefficient (Wildman–Crippen LogP) is 3.02. The van der Waals surface area contributed by atoms with E-state index in [2.05, 4.69) is 93.1 Å². The summed E-state index contributed by atoms with van der Waals surface area (Å²) in [5.74, 6) is 6.33. The molecular weight excluding hydrogens is 456 g/mol. The molecule has 0 amide bonds. The zero-order chi connectivity index (χ0) is 25.0. The maximum Gasteiger partial charge on any atom is 0.466 e. The van der Waals surface area contributed by atoms with E-state index in [0.29, 0.717) is 0 Å². The van der Waals surface area contributed by atoms with Crippen LogP contribution >= 0.6 is 15.6 Å². The Morgan fingerprint density at radius 2 is 1.41 bits per heavy atom. The summed E-state index contributed by atoms with van der Waals surface area (Å²) in [7, 11) is -7.14. The Kier molecular flexibility index (Phi) is 12.9. The molecule has 2 aromatic rings. The molecule has 0 aliphatic rings. The number of nitrogens with zero attached hydrogens (tertiary/aromatic N) is 1. The van der Waals surface area contributed by atoms with Crippen LogP contribution in [0.4, 0.5) is 0 Å². The van der Waals surface area contributed by atoms with Crippen LogP contribution < -0.4 is 0 Å². The van der Waals surface area contributed by atoms with Crippen molar-refractivity contribution in [2.75, 3.05) is 13.6 Å². The molecule has 178 valence electrons. The van der Waals surface area contributed by atoms with E-state index in [4.69, 9.17) is 38.5 Å². The summed E-state index contributed by atoms with van der Waals surface area (Å²) in [6.07, 6.45) is 4.09. The standard InChI is InChI=1S/C21H25N.2H3O4P/c1-21(2,3)15-8-5-9-16-22(4)17-19-13-10-12-18-11-6-7-14-20(18)19;2*1-5(2,3)4/h5-7,9-14H,16-17H2,1-4H3;2*(H3,1,2,3,4)/b9-5+;;. The summed E-state index contributed by atoms with van der Waals surface area (Å²) >= 11 is 0. The Balaban J connectivity index is 0.000000805. The van der Waals surface area contributed by atoms with E-state index in [1.165, 1.54) is 16.3 Å². The van der Waals surface area contributed by atoms with E-state index < -0.39 is 15.6 Å². The topological polar surface area (TPSA) is 159 Å². The Morgan fingerprint density at radius 3 is 1.94 bits per heavy atom. The van der Waals surface area contributed by atoms with Crippen molar-refractivity contribution in [3.63, 3.8) is 0 Å². The SMILES string of the molecule is CN(C/C=C/C#CC(C)(C)C)Cc1cccc2ccccc12.O=P(O)(O)O.O=P(O)(O)O. The second-order valence-corrected chi connectivity index (χ2v) is 9.84. The third-order valence-electron chi connectivity index (χ3n) is 3.39. The summed E-state index contributed by atoms with van der Waals surface area (Å²) in [6, 6.07) is 15.1. The van der Waals surface area contributed by atoms with Gasteiger partial charge < -0.3 is 29.4 Å². The molecule has 0 fully saturated rings. The van der Waals surface area contributed by atoms with Crippen molar-refractivity contribution in [3.05, 3.63) is 60.2 Å². The Bertz CT molecular complexity index is 983.